The maximum Gasteiger partial charge on any atom is 0.268 e. The van der Waals surface area contributed by atoms with E-state index in [9.17, 15) is 9.59 Å². The monoisotopic (exact) mass is 377 g/mol. The minimum Gasteiger partial charge on any atom is -0.364 e. The van der Waals surface area contributed by atoms with Crippen LogP contribution in [0.2, 0.25) is 0 Å². The zero-order chi connectivity index (χ0) is 18.1. The summed E-state index contributed by atoms with van der Waals surface area (Å²) in [6.45, 7) is 3.87. The van der Waals surface area contributed by atoms with Gasteiger partial charge in [-0.25, -0.2) is 4.98 Å². The Morgan fingerprint density at radius 1 is 1.15 bits per heavy atom. The molecule has 2 aliphatic heterocycles. The fraction of sp³-hybridized carbons (Fsp3) is 0.722. The summed E-state index contributed by atoms with van der Waals surface area (Å²) in [6.07, 6.45) is 6.56. The number of amides is 2. The lowest BCUT2D eigenvalue weighted by atomic mass is 9.93. The number of rotatable bonds is 5. The first kappa shape index (κ1) is 17.7. The predicted octanol–water partition coefficient (Wildman–Crippen LogP) is 1.20. The van der Waals surface area contributed by atoms with E-state index in [1.807, 2.05) is 0 Å². The van der Waals surface area contributed by atoms with E-state index >= 15 is 0 Å². The first-order valence-corrected chi connectivity index (χ1v) is 10.5. The number of anilines is 1. The third-order valence-corrected chi connectivity index (χ3v) is 6.64. The number of likely N-dealkylation sites (tertiary alicyclic amines) is 1. The summed E-state index contributed by atoms with van der Waals surface area (Å²) < 4.78 is 0. The third-order valence-electron chi connectivity index (χ3n) is 5.74. The summed E-state index contributed by atoms with van der Waals surface area (Å²) in [5, 5.41) is 5.79. The number of primary amides is 1. The highest BCUT2D eigenvalue weighted by Crippen LogP contribution is 2.28. The molecule has 4 rings (SSSR count). The normalized spacial score (nSPS) is 25.2. The van der Waals surface area contributed by atoms with Gasteiger partial charge in [0.25, 0.3) is 5.91 Å². The molecular weight excluding hydrogens is 350 g/mol. The van der Waals surface area contributed by atoms with Crippen molar-refractivity contribution < 1.29 is 9.59 Å². The Bertz CT molecular complexity index is 666. The summed E-state index contributed by atoms with van der Waals surface area (Å²) in [4.78, 5) is 32.7. The van der Waals surface area contributed by atoms with Gasteiger partial charge in [0, 0.05) is 37.1 Å². The van der Waals surface area contributed by atoms with Gasteiger partial charge in [0.2, 0.25) is 5.91 Å². The minimum atomic E-state index is -0.466. The van der Waals surface area contributed by atoms with Crippen molar-refractivity contribution in [2.45, 2.75) is 50.6 Å². The number of thiazole rings is 1. The number of piperidine rings is 2. The van der Waals surface area contributed by atoms with Gasteiger partial charge in [-0.05, 0) is 45.1 Å². The highest BCUT2D eigenvalue weighted by atomic mass is 32.1. The van der Waals surface area contributed by atoms with Crippen LogP contribution in [0.4, 0.5) is 5.13 Å². The van der Waals surface area contributed by atoms with Crippen molar-refractivity contribution in [3.05, 3.63) is 11.1 Å². The molecule has 1 aromatic heterocycles. The van der Waals surface area contributed by atoms with Crippen LogP contribution in [0.5, 0.6) is 0 Å². The van der Waals surface area contributed by atoms with Crippen molar-refractivity contribution in [1.29, 1.82) is 0 Å². The van der Waals surface area contributed by atoms with Crippen LogP contribution >= 0.6 is 11.3 Å². The van der Waals surface area contributed by atoms with Gasteiger partial charge in [-0.3, -0.25) is 14.5 Å². The molecule has 26 heavy (non-hydrogen) atoms. The maximum atomic E-state index is 12.4. The second-order valence-corrected chi connectivity index (χ2v) is 8.55. The zero-order valence-electron chi connectivity index (χ0n) is 15.0. The van der Waals surface area contributed by atoms with E-state index in [2.05, 4.69) is 20.1 Å². The Balaban J connectivity index is 1.29. The van der Waals surface area contributed by atoms with Gasteiger partial charge in [-0.15, -0.1) is 11.3 Å². The van der Waals surface area contributed by atoms with Crippen LogP contribution in [0, 0.1) is 5.92 Å². The van der Waals surface area contributed by atoms with E-state index in [0.29, 0.717) is 17.8 Å². The number of carbonyl (C=O) groups is 2. The molecule has 3 aliphatic rings. The number of hydrogen-bond donors (Lipinski definition) is 2. The number of carbonyl (C=O) groups excluding carboxylic acids is 2. The second-order valence-electron chi connectivity index (χ2n) is 7.71. The number of nitrogens with zero attached hydrogens (tertiary/aromatic N) is 3. The smallest absolute Gasteiger partial charge is 0.268 e. The van der Waals surface area contributed by atoms with Gasteiger partial charge < -0.3 is 16.0 Å². The summed E-state index contributed by atoms with van der Waals surface area (Å²) in [6, 6.07) is 0.989. The van der Waals surface area contributed by atoms with Crippen LogP contribution in [0.3, 0.4) is 0 Å². The second kappa shape index (κ2) is 7.52. The van der Waals surface area contributed by atoms with Crippen LogP contribution in [0.1, 0.15) is 49.0 Å². The number of aromatic nitrogens is 1. The molecule has 0 unspecified atom stereocenters. The molecule has 1 aromatic rings. The Morgan fingerprint density at radius 2 is 1.92 bits per heavy atom. The molecule has 2 saturated heterocycles. The molecule has 1 aliphatic carbocycles. The quantitative estimate of drug-likeness (QED) is 0.805. The number of nitrogens with one attached hydrogen (secondary N) is 1. The van der Waals surface area contributed by atoms with Gasteiger partial charge in [0.05, 0.1) is 5.92 Å². The molecule has 8 heteroatoms. The highest BCUT2D eigenvalue weighted by Gasteiger charge is 2.34. The molecule has 3 fully saturated rings. The van der Waals surface area contributed by atoms with Crippen molar-refractivity contribution in [2.24, 2.45) is 11.7 Å². The van der Waals surface area contributed by atoms with E-state index in [1.165, 1.54) is 11.3 Å². The first-order valence-electron chi connectivity index (χ1n) is 9.65. The largest absolute Gasteiger partial charge is 0.364 e. The Hall–Kier alpha value is -1.67. The molecule has 142 valence electrons. The van der Waals surface area contributed by atoms with Gasteiger partial charge in [0.15, 0.2) is 5.13 Å². The van der Waals surface area contributed by atoms with E-state index in [-0.39, 0.29) is 11.8 Å². The van der Waals surface area contributed by atoms with Crippen molar-refractivity contribution in [2.75, 3.05) is 31.1 Å². The molecule has 2 amide bonds. The highest BCUT2D eigenvalue weighted by molar-refractivity contribution is 7.13. The topological polar surface area (TPSA) is 91.6 Å². The zero-order valence-corrected chi connectivity index (χ0v) is 15.8. The molecule has 1 saturated carbocycles. The summed E-state index contributed by atoms with van der Waals surface area (Å²) in [7, 11) is 0. The molecular formula is C18H27N5O2S. The van der Waals surface area contributed by atoms with Crippen LogP contribution in [0.15, 0.2) is 5.38 Å². The number of nitrogens with two attached hydrogens (primary N) is 1. The van der Waals surface area contributed by atoms with Gasteiger partial charge in [-0.2, -0.15) is 0 Å². The molecule has 0 radical (unpaired) electrons. The van der Waals surface area contributed by atoms with E-state index < -0.39 is 5.91 Å². The molecule has 0 bridgehead atoms. The fourth-order valence-corrected chi connectivity index (χ4v) is 4.91. The van der Waals surface area contributed by atoms with Crippen LogP contribution in [-0.4, -0.2) is 60.0 Å². The molecule has 0 spiro atoms. The summed E-state index contributed by atoms with van der Waals surface area (Å²) >= 11 is 1.48. The van der Waals surface area contributed by atoms with E-state index in [4.69, 9.17) is 5.73 Å². The minimum absolute atomic E-state index is 0.152. The standard InChI is InChI=1S/C18H27N5O2S/c19-16(24)15-11-26-18(21-15)22-8-5-14(6-9-22)23-7-1-2-12(10-23)17(25)20-13-3-4-13/h11-14H,1-10H2,(H2,19,24)(H,20,25)/t12-/m1/s1. The van der Waals surface area contributed by atoms with Crippen molar-refractivity contribution in [1.82, 2.24) is 15.2 Å². The third kappa shape index (κ3) is 4.01. The first-order chi connectivity index (χ1) is 12.6. The average molecular weight is 378 g/mol. The Kier molecular flexibility index (Phi) is 5.13. The van der Waals surface area contributed by atoms with E-state index in [0.717, 1.165) is 69.8 Å². The lowest BCUT2D eigenvalue weighted by Gasteiger charge is -2.42. The SMILES string of the molecule is NC(=O)c1csc(N2CCC(N3CCC[C@@H](C(=O)NC4CC4)C3)CC2)n1. The van der Waals surface area contributed by atoms with Crippen LogP contribution in [0.25, 0.3) is 0 Å². The maximum absolute atomic E-state index is 12.4. The fourth-order valence-electron chi connectivity index (χ4n) is 4.04. The van der Waals surface area contributed by atoms with Crippen LogP contribution in [-0.2, 0) is 4.79 Å². The molecule has 3 heterocycles. The Labute approximate surface area is 157 Å². The molecule has 3 N–H and O–H groups in total. The Morgan fingerprint density at radius 3 is 2.58 bits per heavy atom. The lowest BCUT2D eigenvalue weighted by molar-refractivity contribution is -0.127. The van der Waals surface area contributed by atoms with Gasteiger partial charge in [0.1, 0.15) is 5.69 Å². The summed E-state index contributed by atoms with van der Waals surface area (Å²) in [5.41, 5.74) is 5.65. The van der Waals surface area contributed by atoms with Gasteiger partial charge >= 0.3 is 0 Å². The van der Waals surface area contributed by atoms with Crippen molar-refractivity contribution in [3.63, 3.8) is 0 Å². The van der Waals surface area contributed by atoms with Crippen LogP contribution < -0.4 is 16.0 Å². The molecule has 0 aromatic carbocycles. The number of hydrogen-bond acceptors (Lipinski definition) is 6. The molecule has 7 nitrogen and oxygen atoms in total. The lowest BCUT2D eigenvalue weighted by Crippen LogP contribution is -2.51. The van der Waals surface area contributed by atoms with E-state index in [1.54, 1.807) is 5.38 Å². The average Bonchev–Trinajstić information content (AvgIpc) is 3.33. The van der Waals surface area contributed by atoms with Crippen molar-refractivity contribution in [3.8, 4) is 0 Å². The summed E-state index contributed by atoms with van der Waals surface area (Å²) in [5.74, 6) is -0.0536. The predicted molar refractivity (Wildman–Crippen MR) is 101 cm³/mol. The van der Waals surface area contributed by atoms with Crippen molar-refractivity contribution >= 4 is 28.3 Å². The van der Waals surface area contributed by atoms with Gasteiger partial charge in [-0.1, -0.05) is 0 Å². The molecule has 1 atom stereocenters.